The lowest BCUT2D eigenvalue weighted by atomic mass is 9.95. The molecule has 0 amide bonds. The predicted octanol–water partition coefficient (Wildman–Crippen LogP) is 3.06. The minimum atomic E-state index is -0.396. The van der Waals surface area contributed by atoms with Gasteiger partial charge in [-0.3, -0.25) is 0 Å². The number of aryl methyl sites for hydroxylation is 1. The lowest BCUT2D eigenvalue weighted by Gasteiger charge is -2.30. The van der Waals surface area contributed by atoms with E-state index in [4.69, 9.17) is 10.5 Å². The van der Waals surface area contributed by atoms with E-state index in [9.17, 15) is 0 Å². The first-order valence-electron chi connectivity index (χ1n) is 6.89. The molecule has 0 unspecified atom stereocenters. The number of rotatable bonds is 7. The minimum Gasteiger partial charge on any atom is -0.384 e. The van der Waals surface area contributed by atoms with Gasteiger partial charge in [0.1, 0.15) is 11.4 Å². The van der Waals surface area contributed by atoms with Gasteiger partial charge in [-0.25, -0.2) is 9.97 Å². The van der Waals surface area contributed by atoms with Crippen molar-refractivity contribution in [3.63, 3.8) is 0 Å². The number of nitrogens with two attached hydrogens (primary N) is 1. The molecule has 2 N–H and O–H groups in total. The summed E-state index contributed by atoms with van der Waals surface area (Å²) < 4.78 is 5.92. The highest BCUT2D eigenvalue weighted by Crippen LogP contribution is 2.31. The Hall–Kier alpha value is -1.16. The zero-order valence-electron chi connectivity index (χ0n) is 12.0. The second-order valence-electron chi connectivity index (χ2n) is 4.49. The first-order chi connectivity index (χ1) is 8.61. The Kier molecular flexibility index (Phi) is 5.54. The molecular formula is C14H25N3O. The number of anilines is 1. The van der Waals surface area contributed by atoms with Crippen LogP contribution in [0.1, 0.15) is 58.5 Å². The number of nitrogen functional groups attached to an aromatic ring is 1. The molecule has 1 rings (SSSR count). The van der Waals surface area contributed by atoms with Crippen LogP contribution in [0.4, 0.5) is 5.82 Å². The van der Waals surface area contributed by atoms with Crippen LogP contribution in [-0.4, -0.2) is 16.6 Å². The van der Waals surface area contributed by atoms with Crippen LogP contribution in [0.15, 0.2) is 6.07 Å². The number of ether oxygens (including phenoxy) is 1. The SMILES string of the molecule is CCCc1cc(N)nc(C(CC)(CC)OCC)n1. The third-order valence-electron chi connectivity index (χ3n) is 3.28. The maximum absolute atomic E-state index is 5.92. The Balaban J connectivity index is 3.18. The van der Waals surface area contributed by atoms with Crippen molar-refractivity contribution in [2.24, 2.45) is 0 Å². The molecule has 0 aliphatic heterocycles. The van der Waals surface area contributed by atoms with E-state index in [1.165, 1.54) is 0 Å². The van der Waals surface area contributed by atoms with Gasteiger partial charge in [0.25, 0.3) is 0 Å². The van der Waals surface area contributed by atoms with E-state index >= 15 is 0 Å². The topological polar surface area (TPSA) is 61.0 Å². The summed E-state index contributed by atoms with van der Waals surface area (Å²) in [5, 5.41) is 0. The zero-order chi connectivity index (χ0) is 13.6. The van der Waals surface area contributed by atoms with Crippen molar-refractivity contribution in [1.82, 2.24) is 9.97 Å². The van der Waals surface area contributed by atoms with Crippen LogP contribution >= 0.6 is 0 Å². The van der Waals surface area contributed by atoms with Gasteiger partial charge in [0.05, 0.1) is 0 Å². The van der Waals surface area contributed by atoms with Crippen molar-refractivity contribution >= 4 is 5.82 Å². The van der Waals surface area contributed by atoms with Crippen LogP contribution in [0.25, 0.3) is 0 Å². The Bertz CT molecular complexity index is 375. The lowest BCUT2D eigenvalue weighted by molar-refractivity contribution is -0.0571. The van der Waals surface area contributed by atoms with Crippen molar-refractivity contribution in [3.8, 4) is 0 Å². The molecule has 0 saturated heterocycles. The molecule has 0 saturated carbocycles. The van der Waals surface area contributed by atoms with Crippen molar-refractivity contribution in [1.29, 1.82) is 0 Å². The monoisotopic (exact) mass is 251 g/mol. The van der Waals surface area contributed by atoms with E-state index in [2.05, 4.69) is 30.7 Å². The van der Waals surface area contributed by atoms with Gasteiger partial charge in [-0.2, -0.15) is 0 Å². The highest BCUT2D eigenvalue weighted by Gasteiger charge is 2.32. The van der Waals surface area contributed by atoms with Crippen molar-refractivity contribution in [2.75, 3.05) is 12.3 Å². The normalized spacial score (nSPS) is 11.8. The largest absolute Gasteiger partial charge is 0.384 e. The molecule has 0 aliphatic rings. The molecule has 4 heteroatoms. The van der Waals surface area contributed by atoms with Crippen LogP contribution in [0, 0.1) is 0 Å². The summed E-state index contributed by atoms with van der Waals surface area (Å²) in [6, 6.07) is 1.86. The fraction of sp³-hybridized carbons (Fsp3) is 0.714. The van der Waals surface area contributed by atoms with E-state index in [1.54, 1.807) is 0 Å². The lowest BCUT2D eigenvalue weighted by Crippen LogP contribution is -2.31. The molecule has 0 radical (unpaired) electrons. The molecule has 18 heavy (non-hydrogen) atoms. The van der Waals surface area contributed by atoms with E-state index in [-0.39, 0.29) is 0 Å². The van der Waals surface area contributed by atoms with Crippen LogP contribution < -0.4 is 5.73 Å². The summed E-state index contributed by atoms with van der Waals surface area (Å²) in [4.78, 5) is 9.03. The second kappa shape index (κ2) is 6.69. The van der Waals surface area contributed by atoms with Gasteiger partial charge < -0.3 is 10.5 Å². The number of hydrogen-bond acceptors (Lipinski definition) is 4. The molecular weight excluding hydrogens is 226 g/mol. The fourth-order valence-electron chi connectivity index (χ4n) is 2.22. The molecule has 0 atom stereocenters. The van der Waals surface area contributed by atoms with E-state index < -0.39 is 5.60 Å². The summed E-state index contributed by atoms with van der Waals surface area (Å²) in [6.07, 6.45) is 3.68. The van der Waals surface area contributed by atoms with Gasteiger partial charge in [-0.1, -0.05) is 27.2 Å². The van der Waals surface area contributed by atoms with Crippen LogP contribution in [0.5, 0.6) is 0 Å². The minimum absolute atomic E-state index is 0.396. The molecule has 1 aromatic rings. The molecule has 0 bridgehead atoms. The first-order valence-corrected chi connectivity index (χ1v) is 6.89. The molecule has 0 aliphatic carbocycles. The van der Waals surface area contributed by atoms with E-state index in [0.717, 1.165) is 37.2 Å². The highest BCUT2D eigenvalue weighted by molar-refractivity contribution is 5.31. The molecule has 102 valence electrons. The molecule has 0 fully saturated rings. The molecule has 4 nitrogen and oxygen atoms in total. The first kappa shape index (κ1) is 14.9. The Labute approximate surface area is 110 Å². The van der Waals surface area contributed by atoms with Crippen molar-refractivity contribution < 1.29 is 4.74 Å². The summed E-state index contributed by atoms with van der Waals surface area (Å²) >= 11 is 0. The average Bonchev–Trinajstić information content (AvgIpc) is 2.36. The number of aromatic nitrogens is 2. The average molecular weight is 251 g/mol. The van der Waals surface area contributed by atoms with Gasteiger partial charge in [-0.05, 0) is 26.2 Å². The van der Waals surface area contributed by atoms with Crippen molar-refractivity contribution in [3.05, 3.63) is 17.6 Å². The maximum atomic E-state index is 5.92. The van der Waals surface area contributed by atoms with Crippen molar-refractivity contribution in [2.45, 2.75) is 59.0 Å². The standard InChI is InChI=1S/C14H25N3O/c1-5-9-11-10-12(15)17-13(16-11)14(6-2,7-3)18-8-4/h10H,5-9H2,1-4H3,(H2,15,16,17). The zero-order valence-corrected chi connectivity index (χ0v) is 12.0. The van der Waals surface area contributed by atoms with Crippen LogP contribution in [0.2, 0.25) is 0 Å². The maximum Gasteiger partial charge on any atom is 0.162 e. The quantitative estimate of drug-likeness (QED) is 0.809. The summed E-state index contributed by atoms with van der Waals surface area (Å²) in [6.45, 7) is 8.99. The van der Waals surface area contributed by atoms with Crippen LogP contribution in [-0.2, 0) is 16.8 Å². The fourth-order valence-corrected chi connectivity index (χ4v) is 2.22. The van der Waals surface area contributed by atoms with Gasteiger partial charge in [-0.15, -0.1) is 0 Å². The summed E-state index contributed by atoms with van der Waals surface area (Å²) in [7, 11) is 0. The Morgan fingerprint density at radius 3 is 2.33 bits per heavy atom. The Morgan fingerprint density at radius 2 is 1.83 bits per heavy atom. The third-order valence-corrected chi connectivity index (χ3v) is 3.28. The van der Waals surface area contributed by atoms with Gasteiger partial charge in [0.2, 0.25) is 0 Å². The number of hydrogen-bond donors (Lipinski definition) is 1. The number of nitrogens with zero attached hydrogens (tertiary/aromatic N) is 2. The molecule has 1 aromatic heterocycles. The smallest absolute Gasteiger partial charge is 0.162 e. The predicted molar refractivity (Wildman–Crippen MR) is 74.3 cm³/mol. The third kappa shape index (κ3) is 3.19. The second-order valence-corrected chi connectivity index (χ2v) is 4.49. The summed E-state index contributed by atoms with van der Waals surface area (Å²) in [5.74, 6) is 1.27. The van der Waals surface area contributed by atoms with E-state index in [0.29, 0.717) is 12.4 Å². The van der Waals surface area contributed by atoms with Gasteiger partial charge >= 0.3 is 0 Å². The Morgan fingerprint density at radius 1 is 1.17 bits per heavy atom. The highest BCUT2D eigenvalue weighted by atomic mass is 16.5. The van der Waals surface area contributed by atoms with E-state index in [1.807, 2.05) is 13.0 Å². The molecule has 0 aromatic carbocycles. The molecule has 0 spiro atoms. The summed E-state index contributed by atoms with van der Waals surface area (Å²) in [5.41, 5.74) is 6.49. The van der Waals surface area contributed by atoms with Crippen LogP contribution in [0.3, 0.4) is 0 Å². The molecule has 1 heterocycles. The van der Waals surface area contributed by atoms with Gasteiger partial charge in [0.15, 0.2) is 5.82 Å². The van der Waals surface area contributed by atoms with Gasteiger partial charge in [0, 0.05) is 18.4 Å².